The van der Waals surface area contributed by atoms with Crippen LogP contribution in [0, 0.1) is 0 Å². The maximum Gasteiger partial charge on any atom is 0.472 e. The van der Waals surface area contributed by atoms with E-state index in [-0.39, 0.29) is 32.6 Å². The van der Waals surface area contributed by atoms with Crippen molar-refractivity contribution < 1.29 is 37.6 Å². The Labute approximate surface area is 422 Å². The quantitative estimate of drug-likeness (QED) is 0.0264. The average Bonchev–Trinajstić information content (AvgIpc) is 3.34. The predicted molar refractivity (Wildman–Crippen MR) is 293 cm³/mol. The number of nitrogens with two attached hydrogens (primary N) is 1. The second-order valence-electron chi connectivity index (χ2n) is 17.7. The number of rotatable bonds is 50. The number of phosphoric acid groups is 1. The largest absolute Gasteiger partial charge is 0.472 e. The molecule has 10 heteroatoms. The molecule has 0 radical (unpaired) electrons. The molecule has 0 saturated heterocycles. The topological polar surface area (TPSA) is 134 Å². The van der Waals surface area contributed by atoms with E-state index in [4.69, 9.17) is 24.3 Å². The number of phosphoric ester groups is 1. The monoisotopic (exact) mass is 982 g/mol. The minimum Gasteiger partial charge on any atom is -0.462 e. The molecule has 2 unspecified atom stereocenters. The second kappa shape index (κ2) is 54.0. The number of hydrogen-bond acceptors (Lipinski definition) is 8. The number of ether oxygens (including phenoxy) is 2. The molecule has 0 aliphatic carbocycles. The van der Waals surface area contributed by atoms with Crippen LogP contribution in [0.15, 0.2) is 109 Å². The van der Waals surface area contributed by atoms with Gasteiger partial charge in [0.1, 0.15) is 6.61 Å². The van der Waals surface area contributed by atoms with E-state index < -0.39 is 32.5 Å². The van der Waals surface area contributed by atoms with Crippen LogP contribution in [0.4, 0.5) is 0 Å². The van der Waals surface area contributed by atoms with Gasteiger partial charge in [-0.2, -0.15) is 0 Å². The molecular weight excluding hydrogens is 882 g/mol. The summed E-state index contributed by atoms with van der Waals surface area (Å²) in [6, 6.07) is 0. The van der Waals surface area contributed by atoms with E-state index in [9.17, 15) is 19.0 Å². The lowest BCUT2D eigenvalue weighted by Gasteiger charge is -2.19. The predicted octanol–water partition coefficient (Wildman–Crippen LogP) is 17.1. The molecule has 0 rings (SSSR count). The summed E-state index contributed by atoms with van der Waals surface area (Å²) in [6.07, 6.45) is 72.8. The Morgan fingerprint density at radius 3 is 1.13 bits per heavy atom. The molecule has 3 N–H and O–H groups in total. The van der Waals surface area contributed by atoms with Gasteiger partial charge < -0.3 is 20.1 Å². The summed E-state index contributed by atoms with van der Waals surface area (Å²) in [6.45, 7) is 3.47. The molecule has 0 bridgehead atoms. The van der Waals surface area contributed by atoms with Crippen molar-refractivity contribution in [3.63, 3.8) is 0 Å². The van der Waals surface area contributed by atoms with Gasteiger partial charge in [0, 0.05) is 19.4 Å². The Bertz CT molecular complexity index is 1490. The third-order valence-electron chi connectivity index (χ3n) is 11.2. The molecule has 0 fully saturated rings. The maximum absolute atomic E-state index is 12.7. The van der Waals surface area contributed by atoms with Crippen molar-refractivity contribution in [2.24, 2.45) is 5.73 Å². The molecule has 0 aromatic heterocycles. The van der Waals surface area contributed by atoms with Crippen molar-refractivity contribution in [3.05, 3.63) is 109 Å². The highest BCUT2D eigenvalue weighted by Crippen LogP contribution is 2.43. The third-order valence-corrected chi connectivity index (χ3v) is 12.1. The van der Waals surface area contributed by atoms with Gasteiger partial charge in [-0.25, -0.2) is 4.57 Å². The highest BCUT2D eigenvalue weighted by Gasteiger charge is 2.26. The van der Waals surface area contributed by atoms with Crippen molar-refractivity contribution in [1.29, 1.82) is 0 Å². The molecule has 0 heterocycles. The molecular formula is C59H100NO8P. The molecule has 0 spiro atoms. The fourth-order valence-corrected chi connectivity index (χ4v) is 7.95. The van der Waals surface area contributed by atoms with Gasteiger partial charge in [0.2, 0.25) is 0 Å². The molecule has 0 amide bonds. The van der Waals surface area contributed by atoms with E-state index in [0.717, 1.165) is 96.3 Å². The SMILES string of the molecule is CC/C=C\C/C=C\C/C=C\C/C=C\C/C=C\CCCCCC(=O)OC(COC(=O)CCCCCCCCCCCCCCCCCC/C=C\C/C=C\C/C=C\C/C=C\CC)COP(=O)(O)OCCN. The van der Waals surface area contributed by atoms with Crippen LogP contribution in [-0.4, -0.2) is 49.3 Å². The van der Waals surface area contributed by atoms with Crippen LogP contribution in [0.25, 0.3) is 0 Å². The summed E-state index contributed by atoms with van der Waals surface area (Å²) in [4.78, 5) is 35.1. The number of hydrogen-bond donors (Lipinski definition) is 2. The Morgan fingerprint density at radius 1 is 0.435 bits per heavy atom. The molecule has 0 aromatic rings. The van der Waals surface area contributed by atoms with Crippen LogP contribution in [0.1, 0.15) is 219 Å². The van der Waals surface area contributed by atoms with Gasteiger partial charge in [-0.15, -0.1) is 0 Å². The van der Waals surface area contributed by atoms with Crippen LogP contribution < -0.4 is 5.73 Å². The normalized spacial score (nSPS) is 14.0. The zero-order chi connectivity index (χ0) is 50.2. The first-order valence-electron chi connectivity index (χ1n) is 27.4. The Hall–Kier alpha value is -3.33. The lowest BCUT2D eigenvalue weighted by atomic mass is 10.0. The first-order valence-corrected chi connectivity index (χ1v) is 28.9. The van der Waals surface area contributed by atoms with Crippen molar-refractivity contribution >= 4 is 19.8 Å². The molecule has 0 aromatic carbocycles. The van der Waals surface area contributed by atoms with E-state index >= 15 is 0 Å². The summed E-state index contributed by atoms with van der Waals surface area (Å²) in [5.74, 6) is -0.869. The van der Waals surface area contributed by atoms with E-state index in [1.54, 1.807) is 0 Å². The van der Waals surface area contributed by atoms with Crippen LogP contribution in [0.3, 0.4) is 0 Å². The van der Waals surface area contributed by atoms with E-state index in [2.05, 4.69) is 123 Å². The minimum atomic E-state index is -4.40. The summed E-state index contributed by atoms with van der Waals surface area (Å²) in [5.41, 5.74) is 5.37. The number of unbranched alkanes of at least 4 members (excludes halogenated alkanes) is 19. The minimum absolute atomic E-state index is 0.0428. The molecule has 69 heavy (non-hydrogen) atoms. The summed E-state index contributed by atoms with van der Waals surface area (Å²) >= 11 is 0. The number of carbonyl (C=O) groups excluding carboxylic acids is 2. The highest BCUT2D eigenvalue weighted by molar-refractivity contribution is 7.47. The van der Waals surface area contributed by atoms with Crippen molar-refractivity contribution in [3.8, 4) is 0 Å². The molecule has 0 saturated carbocycles. The van der Waals surface area contributed by atoms with Gasteiger partial charge in [0.15, 0.2) is 6.10 Å². The number of allylic oxidation sites excluding steroid dienone is 18. The van der Waals surface area contributed by atoms with E-state index in [1.165, 1.54) is 89.9 Å². The van der Waals surface area contributed by atoms with Crippen molar-refractivity contribution in [2.75, 3.05) is 26.4 Å². The van der Waals surface area contributed by atoms with Crippen LogP contribution in [0.2, 0.25) is 0 Å². The average molecular weight is 982 g/mol. The van der Waals surface area contributed by atoms with Crippen molar-refractivity contribution in [2.45, 2.75) is 225 Å². The molecule has 9 nitrogen and oxygen atoms in total. The molecule has 2 atom stereocenters. The van der Waals surface area contributed by atoms with Crippen molar-refractivity contribution in [1.82, 2.24) is 0 Å². The van der Waals surface area contributed by atoms with Gasteiger partial charge >= 0.3 is 19.8 Å². The fourth-order valence-electron chi connectivity index (χ4n) is 7.18. The van der Waals surface area contributed by atoms with E-state index in [0.29, 0.717) is 6.42 Å². The fraction of sp³-hybridized carbons (Fsp3) is 0.661. The van der Waals surface area contributed by atoms with Gasteiger partial charge in [-0.3, -0.25) is 18.6 Å². The Morgan fingerprint density at radius 2 is 0.754 bits per heavy atom. The van der Waals surface area contributed by atoms with Gasteiger partial charge in [-0.1, -0.05) is 220 Å². The Balaban J connectivity index is 4.02. The smallest absolute Gasteiger partial charge is 0.462 e. The zero-order valence-electron chi connectivity index (χ0n) is 43.8. The first kappa shape index (κ1) is 65.7. The highest BCUT2D eigenvalue weighted by atomic mass is 31.2. The summed E-state index contributed by atoms with van der Waals surface area (Å²) < 4.78 is 32.9. The summed E-state index contributed by atoms with van der Waals surface area (Å²) in [5, 5.41) is 0. The standard InChI is InChI=1S/C59H100NO8P/c1-3-5-7-9-11-13-15-17-19-21-23-24-25-26-27-28-29-30-31-32-34-35-37-39-41-43-45-47-49-51-58(61)65-55-57(56-67-69(63,64)66-54-53-60)68-59(62)52-50-48-46-44-42-40-38-36-33-22-20-18-16-14-12-10-8-6-4-2/h5-8,11-14,17-20,23-24,33,36,40,42,57H,3-4,9-10,15-16,21-22,25-32,34-35,37-39,41,43-56,60H2,1-2H3,(H,63,64)/b7-5-,8-6-,13-11-,14-12-,19-17-,20-18-,24-23-,36-33-,42-40-. The maximum atomic E-state index is 12.7. The number of carbonyl (C=O) groups is 2. The van der Waals surface area contributed by atoms with Gasteiger partial charge in [-0.05, 0) is 96.3 Å². The lowest BCUT2D eigenvalue weighted by molar-refractivity contribution is -0.161. The van der Waals surface area contributed by atoms with Gasteiger partial charge in [0.05, 0.1) is 13.2 Å². The van der Waals surface area contributed by atoms with E-state index in [1.807, 2.05) is 0 Å². The van der Waals surface area contributed by atoms with Crippen LogP contribution in [-0.2, 0) is 32.7 Å². The second-order valence-corrected chi connectivity index (χ2v) is 19.1. The molecule has 394 valence electrons. The third kappa shape index (κ3) is 53.9. The zero-order valence-corrected chi connectivity index (χ0v) is 44.6. The Kier molecular flexibility index (Phi) is 51.4. The number of esters is 2. The molecule has 0 aliphatic heterocycles. The van der Waals surface area contributed by atoms with Crippen LogP contribution >= 0.6 is 7.82 Å². The van der Waals surface area contributed by atoms with Gasteiger partial charge in [0.25, 0.3) is 0 Å². The first-order chi connectivity index (χ1) is 33.8. The lowest BCUT2D eigenvalue weighted by Crippen LogP contribution is -2.29. The summed E-state index contributed by atoms with van der Waals surface area (Å²) in [7, 11) is -4.40. The van der Waals surface area contributed by atoms with Crippen LogP contribution in [0.5, 0.6) is 0 Å². The molecule has 0 aliphatic rings.